The number of carbonyl (C=O) groups is 1. The summed E-state index contributed by atoms with van der Waals surface area (Å²) in [6, 6.07) is 6.51. The first-order chi connectivity index (χ1) is 7.68. The smallest absolute Gasteiger partial charge is 0.227 e. The lowest BCUT2D eigenvalue weighted by molar-refractivity contribution is -0.129. The number of rotatable bonds is 3. The van der Waals surface area contributed by atoms with E-state index < -0.39 is 0 Å². The van der Waals surface area contributed by atoms with Gasteiger partial charge in [0.1, 0.15) is 5.82 Å². The summed E-state index contributed by atoms with van der Waals surface area (Å²) in [6.45, 7) is 1.30. The van der Waals surface area contributed by atoms with Gasteiger partial charge in [-0.3, -0.25) is 4.79 Å². The van der Waals surface area contributed by atoms with Crippen LogP contribution in [-0.2, 0) is 4.79 Å². The number of hydrogen-bond acceptors (Lipinski definition) is 2. The fourth-order valence-electron chi connectivity index (χ4n) is 1.92. The zero-order valence-electron chi connectivity index (χ0n) is 9.24. The van der Waals surface area contributed by atoms with Crippen molar-refractivity contribution in [1.29, 1.82) is 0 Å². The number of para-hydroxylation sites is 1. The molecule has 0 saturated carbocycles. The second-order valence-corrected chi connectivity index (χ2v) is 4.11. The van der Waals surface area contributed by atoms with Gasteiger partial charge in [-0.1, -0.05) is 12.1 Å². The van der Waals surface area contributed by atoms with E-state index in [0.29, 0.717) is 12.2 Å². The molecule has 0 bridgehead atoms. The van der Waals surface area contributed by atoms with Crippen LogP contribution in [0.3, 0.4) is 0 Å². The number of nitrogens with zero attached hydrogens (tertiary/aromatic N) is 1. The van der Waals surface area contributed by atoms with Crippen LogP contribution in [0.1, 0.15) is 6.42 Å². The topological polar surface area (TPSA) is 32.3 Å². The third-order valence-electron chi connectivity index (χ3n) is 2.95. The van der Waals surface area contributed by atoms with E-state index in [1.165, 1.54) is 6.07 Å². The molecule has 1 aromatic carbocycles. The van der Waals surface area contributed by atoms with Crippen molar-refractivity contribution in [2.45, 2.75) is 6.42 Å². The Bertz CT molecular complexity index is 394. The summed E-state index contributed by atoms with van der Waals surface area (Å²) in [5.41, 5.74) is 0.463. The van der Waals surface area contributed by atoms with Crippen molar-refractivity contribution in [2.24, 2.45) is 5.92 Å². The van der Waals surface area contributed by atoms with E-state index in [-0.39, 0.29) is 17.6 Å². The Balaban J connectivity index is 1.93. The monoisotopic (exact) mass is 222 g/mol. The first-order valence-corrected chi connectivity index (χ1v) is 5.42. The highest BCUT2D eigenvalue weighted by atomic mass is 19.1. The molecular formula is C12H15FN2O. The molecule has 1 amide bonds. The van der Waals surface area contributed by atoms with Gasteiger partial charge in [-0.2, -0.15) is 0 Å². The normalized spacial score (nSPS) is 20.2. The summed E-state index contributed by atoms with van der Waals surface area (Å²) in [4.78, 5) is 13.3. The molecule has 1 N–H and O–H groups in total. The maximum absolute atomic E-state index is 13.3. The molecule has 1 atom stereocenters. The van der Waals surface area contributed by atoms with Crippen LogP contribution in [0.5, 0.6) is 0 Å². The van der Waals surface area contributed by atoms with E-state index in [0.717, 1.165) is 13.0 Å². The number of hydrogen-bond donors (Lipinski definition) is 1. The lowest BCUT2D eigenvalue weighted by Gasteiger charge is -2.12. The molecule has 16 heavy (non-hydrogen) atoms. The van der Waals surface area contributed by atoms with Gasteiger partial charge in [0.2, 0.25) is 5.91 Å². The molecule has 86 valence electrons. The van der Waals surface area contributed by atoms with E-state index in [1.54, 1.807) is 30.1 Å². The zero-order valence-corrected chi connectivity index (χ0v) is 9.24. The molecule has 0 unspecified atom stereocenters. The fraction of sp³-hybridized carbons (Fsp3) is 0.417. The van der Waals surface area contributed by atoms with Crippen LogP contribution >= 0.6 is 0 Å². The predicted molar refractivity (Wildman–Crippen MR) is 60.6 cm³/mol. The number of nitrogens with one attached hydrogen (secondary N) is 1. The van der Waals surface area contributed by atoms with Crippen LogP contribution in [-0.4, -0.2) is 30.9 Å². The van der Waals surface area contributed by atoms with Crippen LogP contribution in [0, 0.1) is 11.7 Å². The van der Waals surface area contributed by atoms with Gasteiger partial charge in [0.05, 0.1) is 11.6 Å². The molecule has 1 heterocycles. The largest absolute Gasteiger partial charge is 0.382 e. The number of likely N-dealkylation sites (tertiary alicyclic amines) is 1. The number of carbonyl (C=O) groups excluding carboxylic acids is 1. The summed E-state index contributed by atoms with van der Waals surface area (Å²) in [5.74, 6) is -0.158. The highest BCUT2D eigenvalue weighted by Crippen LogP contribution is 2.18. The Kier molecular flexibility index (Phi) is 3.08. The van der Waals surface area contributed by atoms with Gasteiger partial charge in [-0.15, -0.1) is 0 Å². The van der Waals surface area contributed by atoms with E-state index in [9.17, 15) is 9.18 Å². The lowest BCUT2D eigenvalue weighted by atomic mass is 10.1. The van der Waals surface area contributed by atoms with Crippen LogP contribution < -0.4 is 5.32 Å². The average molecular weight is 222 g/mol. The maximum Gasteiger partial charge on any atom is 0.227 e. The Hall–Kier alpha value is -1.58. The maximum atomic E-state index is 13.3. The quantitative estimate of drug-likeness (QED) is 0.844. The molecule has 0 radical (unpaired) electrons. The molecule has 1 aliphatic heterocycles. The van der Waals surface area contributed by atoms with Crippen LogP contribution in [0.25, 0.3) is 0 Å². The van der Waals surface area contributed by atoms with Gasteiger partial charge in [-0.25, -0.2) is 4.39 Å². The Labute approximate surface area is 94.3 Å². The van der Waals surface area contributed by atoms with E-state index >= 15 is 0 Å². The highest BCUT2D eigenvalue weighted by Gasteiger charge is 2.28. The molecule has 1 fully saturated rings. The Morgan fingerprint density at radius 1 is 1.50 bits per heavy atom. The number of amides is 1. The summed E-state index contributed by atoms with van der Waals surface area (Å²) >= 11 is 0. The van der Waals surface area contributed by atoms with Crippen molar-refractivity contribution in [2.75, 3.05) is 25.5 Å². The van der Waals surface area contributed by atoms with Crippen molar-refractivity contribution in [3.63, 3.8) is 0 Å². The molecule has 0 aromatic heterocycles. The summed E-state index contributed by atoms with van der Waals surface area (Å²) < 4.78 is 13.3. The van der Waals surface area contributed by atoms with Crippen LogP contribution in [0.4, 0.5) is 10.1 Å². The summed E-state index contributed by atoms with van der Waals surface area (Å²) in [5, 5.41) is 2.98. The van der Waals surface area contributed by atoms with Crippen LogP contribution in [0.2, 0.25) is 0 Å². The molecule has 0 spiro atoms. The van der Waals surface area contributed by atoms with E-state index in [1.807, 2.05) is 0 Å². The molecule has 0 aliphatic carbocycles. The second-order valence-electron chi connectivity index (χ2n) is 4.11. The summed E-state index contributed by atoms with van der Waals surface area (Å²) in [6.07, 6.45) is 0.844. The van der Waals surface area contributed by atoms with Crippen molar-refractivity contribution in [3.05, 3.63) is 30.1 Å². The standard InChI is InChI=1S/C12H15FN2O/c1-15-7-6-9(12(15)16)8-14-11-5-3-2-4-10(11)13/h2-5,9,14H,6-8H2,1H3/t9-/m0/s1. The molecule has 1 saturated heterocycles. The molecule has 1 aliphatic rings. The van der Waals surface area contributed by atoms with Gasteiger partial charge in [0.15, 0.2) is 0 Å². The van der Waals surface area contributed by atoms with Crippen LogP contribution in [0.15, 0.2) is 24.3 Å². The minimum atomic E-state index is -0.277. The number of benzene rings is 1. The third kappa shape index (κ3) is 2.15. The molecular weight excluding hydrogens is 207 g/mol. The van der Waals surface area contributed by atoms with E-state index in [4.69, 9.17) is 0 Å². The lowest BCUT2D eigenvalue weighted by Crippen LogP contribution is -2.26. The highest BCUT2D eigenvalue weighted by molar-refractivity contribution is 5.81. The van der Waals surface area contributed by atoms with Gasteiger partial charge in [0, 0.05) is 20.1 Å². The van der Waals surface area contributed by atoms with Crippen molar-refractivity contribution < 1.29 is 9.18 Å². The second kappa shape index (κ2) is 4.51. The van der Waals surface area contributed by atoms with Crippen molar-refractivity contribution in [1.82, 2.24) is 4.90 Å². The van der Waals surface area contributed by atoms with Gasteiger partial charge >= 0.3 is 0 Å². The Morgan fingerprint density at radius 2 is 2.25 bits per heavy atom. The van der Waals surface area contributed by atoms with Gasteiger partial charge in [0.25, 0.3) is 0 Å². The average Bonchev–Trinajstić information content (AvgIpc) is 2.59. The first-order valence-electron chi connectivity index (χ1n) is 5.42. The molecule has 4 heteroatoms. The molecule has 1 aromatic rings. The van der Waals surface area contributed by atoms with Gasteiger partial charge in [-0.05, 0) is 18.6 Å². The molecule has 2 rings (SSSR count). The predicted octanol–water partition coefficient (Wildman–Crippen LogP) is 1.72. The Morgan fingerprint density at radius 3 is 2.88 bits per heavy atom. The zero-order chi connectivity index (χ0) is 11.5. The van der Waals surface area contributed by atoms with Gasteiger partial charge < -0.3 is 10.2 Å². The van der Waals surface area contributed by atoms with E-state index in [2.05, 4.69) is 5.32 Å². The summed E-state index contributed by atoms with van der Waals surface area (Å²) in [7, 11) is 1.80. The number of halogens is 1. The SMILES string of the molecule is CN1CC[C@@H](CNc2ccccc2F)C1=O. The third-order valence-corrected chi connectivity index (χ3v) is 2.95. The fourth-order valence-corrected chi connectivity index (χ4v) is 1.92. The molecule has 3 nitrogen and oxygen atoms in total. The minimum absolute atomic E-state index is 0.0235. The minimum Gasteiger partial charge on any atom is -0.382 e. The van der Waals surface area contributed by atoms with Crippen molar-refractivity contribution in [3.8, 4) is 0 Å². The number of anilines is 1. The first kappa shape index (κ1) is 10.9. The van der Waals surface area contributed by atoms with Crippen molar-refractivity contribution >= 4 is 11.6 Å².